The zero-order valence-electron chi connectivity index (χ0n) is 18.0. The molecule has 1 unspecified atom stereocenters. The number of carboxylic acids is 1. The highest BCUT2D eigenvalue weighted by Gasteiger charge is 2.14. The molecule has 2 N–H and O–H groups in total. The summed E-state index contributed by atoms with van der Waals surface area (Å²) in [6, 6.07) is 16.4. The number of nitrogens with zero attached hydrogens (tertiary/aromatic N) is 1. The van der Waals surface area contributed by atoms with Crippen LogP contribution in [-0.2, 0) is 22.5 Å². The number of fused-ring (bicyclic) bond motifs is 1. The molecule has 31 heavy (non-hydrogen) atoms. The Labute approximate surface area is 187 Å². The fraction of sp³-hybridized carbons (Fsp3) is 0.375. The van der Waals surface area contributed by atoms with Crippen molar-refractivity contribution in [1.29, 1.82) is 0 Å². The van der Waals surface area contributed by atoms with Crippen LogP contribution in [0.3, 0.4) is 0 Å². The van der Waals surface area contributed by atoms with Gasteiger partial charge in [0, 0.05) is 48.7 Å². The summed E-state index contributed by atoms with van der Waals surface area (Å²) >= 11 is 1.35. The molecule has 0 radical (unpaired) electrons. The molecule has 1 atom stereocenters. The van der Waals surface area contributed by atoms with E-state index in [0.717, 1.165) is 36.5 Å². The van der Waals surface area contributed by atoms with Gasteiger partial charge in [-0.2, -0.15) is 0 Å². The van der Waals surface area contributed by atoms with E-state index in [1.807, 2.05) is 43.5 Å². The molecule has 1 aromatic heterocycles. The number of anilines is 1. The summed E-state index contributed by atoms with van der Waals surface area (Å²) in [6.07, 6.45) is 5.36. The van der Waals surface area contributed by atoms with Crippen LogP contribution in [0.5, 0.6) is 5.75 Å². The number of carboxylic acid groups (broad SMARTS) is 1. The fourth-order valence-electron chi connectivity index (χ4n) is 3.65. The first kappa shape index (κ1) is 23.0. The van der Waals surface area contributed by atoms with Crippen molar-refractivity contribution in [1.82, 2.24) is 4.57 Å². The lowest BCUT2D eigenvalue weighted by Gasteiger charge is -2.15. The molecular weight excluding hydrogens is 412 g/mol. The molecule has 0 aliphatic rings. The first-order valence-electron chi connectivity index (χ1n) is 10.5. The van der Waals surface area contributed by atoms with Gasteiger partial charge in [-0.05, 0) is 61.7 Å². The smallest absolute Gasteiger partial charge is 0.305 e. The number of aliphatic carboxylic acids is 1. The van der Waals surface area contributed by atoms with E-state index in [4.69, 9.17) is 14.0 Å². The Morgan fingerprint density at radius 3 is 2.71 bits per heavy atom. The molecule has 3 aromatic rings. The molecule has 0 amide bonds. The van der Waals surface area contributed by atoms with Crippen LogP contribution < -0.4 is 9.50 Å². The molecule has 3 rings (SSSR count). The van der Waals surface area contributed by atoms with Crippen LogP contribution in [0.2, 0.25) is 0 Å². The van der Waals surface area contributed by atoms with Crippen molar-refractivity contribution in [2.24, 2.45) is 0 Å². The molecular formula is C24H30N2O4S. The number of aryl methyl sites for hydroxylation is 1. The van der Waals surface area contributed by atoms with Gasteiger partial charge in [-0.1, -0.05) is 12.1 Å². The number of rotatable bonds is 13. The van der Waals surface area contributed by atoms with E-state index < -0.39 is 5.97 Å². The summed E-state index contributed by atoms with van der Waals surface area (Å²) in [7, 11) is 0. The largest absolute Gasteiger partial charge is 0.481 e. The minimum Gasteiger partial charge on any atom is -0.481 e. The van der Waals surface area contributed by atoms with Crippen LogP contribution in [0.25, 0.3) is 10.9 Å². The van der Waals surface area contributed by atoms with Crippen molar-refractivity contribution < 1.29 is 18.8 Å². The molecule has 6 nitrogen and oxygen atoms in total. The Balaban J connectivity index is 1.46. The molecule has 0 bridgehead atoms. The van der Waals surface area contributed by atoms with Gasteiger partial charge in [-0.15, -0.1) is 0 Å². The van der Waals surface area contributed by atoms with E-state index in [-0.39, 0.29) is 12.5 Å². The third kappa shape index (κ3) is 6.94. The van der Waals surface area contributed by atoms with E-state index in [1.165, 1.54) is 22.9 Å². The normalized spacial score (nSPS) is 12.1. The Bertz CT molecular complexity index is 971. The van der Waals surface area contributed by atoms with Gasteiger partial charge < -0.3 is 23.9 Å². The van der Waals surface area contributed by atoms with Gasteiger partial charge in [0.1, 0.15) is 5.75 Å². The second-order valence-electron chi connectivity index (χ2n) is 7.34. The maximum atomic E-state index is 11.0. The number of carbonyl (C=O) groups is 1. The van der Waals surface area contributed by atoms with Gasteiger partial charge in [0.2, 0.25) is 0 Å². The van der Waals surface area contributed by atoms with Gasteiger partial charge >= 0.3 is 5.97 Å². The van der Waals surface area contributed by atoms with E-state index in [9.17, 15) is 4.79 Å². The van der Waals surface area contributed by atoms with E-state index >= 15 is 0 Å². The SMILES string of the molecule is CCOC(CC(=O)O)Cc1ccc(NCCCn2ccc3cc(OSC)ccc32)cc1. The third-order valence-corrected chi connectivity index (χ3v) is 5.41. The highest BCUT2D eigenvalue weighted by molar-refractivity contribution is 7.94. The summed E-state index contributed by atoms with van der Waals surface area (Å²) in [5.74, 6) is 0.0411. The average Bonchev–Trinajstić information content (AvgIpc) is 3.14. The summed E-state index contributed by atoms with van der Waals surface area (Å²) < 4.78 is 13.3. The second kappa shape index (κ2) is 11.7. The molecule has 0 aliphatic heterocycles. The molecule has 0 saturated heterocycles. The van der Waals surface area contributed by atoms with E-state index in [1.54, 1.807) is 0 Å². The van der Waals surface area contributed by atoms with Crippen molar-refractivity contribution in [3.63, 3.8) is 0 Å². The van der Waals surface area contributed by atoms with Crippen molar-refractivity contribution in [2.75, 3.05) is 24.7 Å². The second-order valence-corrected chi connectivity index (χ2v) is 7.84. The molecule has 0 saturated carbocycles. The first-order valence-corrected chi connectivity index (χ1v) is 11.7. The maximum absolute atomic E-state index is 11.0. The third-order valence-electron chi connectivity index (χ3n) is 5.05. The lowest BCUT2D eigenvalue weighted by atomic mass is 10.1. The number of hydrogen-bond acceptors (Lipinski definition) is 5. The molecule has 2 aromatic carbocycles. The Kier molecular flexibility index (Phi) is 8.67. The minimum atomic E-state index is -0.832. The predicted octanol–water partition coefficient (Wildman–Crippen LogP) is 5.22. The van der Waals surface area contributed by atoms with Gasteiger partial charge in [0.15, 0.2) is 0 Å². The van der Waals surface area contributed by atoms with Crippen LogP contribution >= 0.6 is 12.0 Å². The molecule has 166 valence electrons. The van der Waals surface area contributed by atoms with Crippen LogP contribution in [0.1, 0.15) is 25.3 Å². The number of hydrogen-bond donors (Lipinski definition) is 2. The first-order chi connectivity index (χ1) is 15.1. The predicted molar refractivity (Wildman–Crippen MR) is 127 cm³/mol. The number of benzene rings is 2. The Morgan fingerprint density at radius 1 is 1.19 bits per heavy atom. The van der Waals surface area contributed by atoms with Gasteiger partial charge in [-0.3, -0.25) is 4.79 Å². The van der Waals surface area contributed by atoms with Crippen molar-refractivity contribution in [3.05, 3.63) is 60.3 Å². The average molecular weight is 443 g/mol. The van der Waals surface area contributed by atoms with Gasteiger partial charge in [0.25, 0.3) is 0 Å². The lowest BCUT2D eigenvalue weighted by molar-refractivity contribution is -0.140. The molecule has 1 heterocycles. The van der Waals surface area contributed by atoms with Gasteiger partial charge in [0.05, 0.1) is 24.6 Å². The van der Waals surface area contributed by atoms with Crippen LogP contribution in [0.15, 0.2) is 54.7 Å². The highest BCUT2D eigenvalue weighted by atomic mass is 32.2. The van der Waals surface area contributed by atoms with E-state index in [0.29, 0.717) is 13.0 Å². The Hall–Kier alpha value is -2.64. The lowest BCUT2D eigenvalue weighted by Crippen LogP contribution is -2.20. The molecule has 0 spiro atoms. The minimum absolute atomic E-state index is 0.0216. The topological polar surface area (TPSA) is 72.7 Å². The van der Waals surface area contributed by atoms with Crippen molar-refractivity contribution >= 4 is 34.6 Å². The number of nitrogens with one attached hydrogen (secondary N) is 1. The standard InChI is InChI=1S/C24H30N2O4S/c1-3-29-22(17-24(27)28)15-18-5-7-20(8-6-18)25-12-4-13-26-14-11-19-16-21(30-31-2)9-10-23(19)26/h5-11,14,16,22,25H,3-4,12-13,15,17H2,1-2H3,(H,27,28). The Morgan fingerprint density at radius 2 is 2.00 bits per heavy atom. The van der Waals surface area contributed by atoms with Crippen LogP contribution in [0, 0.1) is 0 Å². The number of ether oxygens (including phenoxy) is 1. The monoisotopic (exact) mass is 442 g/mol. The summed E-state index contributed by atoms with van der Waals surface area (Å²) in [5, 5.41) is 13.7. The maximum Gasteiger partial charge on any atom is 0.305 e. The molecule has 7 heteroatoms. The van der Waals surface area contributed by atoms with E-state index in [2.05, 4.69) is 34.3 Å². The van der Waals surface area contributed by atoms with Crippen LogP contribution in [0.4, 0.5) is 5.69 Å². The highest BCUT2D eigenvalue weighted by Crippen LogP contribution is 2.24. The fourth-order valence-corrected chi connectivity index (χ4v) is 3.94. The molecule has 0 fully saturated rings. The van der Waals surface area contributed by atoms with Crippen molar-refractivity contribution in [2.45, 2.75) is 38.8 Å². The van der Waals surface area contributed by atoms with Crippen molar-refractivity contribution in [3.8, 4) is 5.75 Å². The number of aromatic nitrogens is 1. The van der Waals surface area contributed by atoms with Crippen LogP contribution in [-0.4, -0.2) is 41.2 Å². The summed E-state index contributed by atoms with van der Waals surface area (Å²) in [4.78, 5) is 11.0. The molecule has 0 aliphatic carbocycles. The summed E-state index contributed by atoms with van der Waals surface area (Å²) in [6.45, 7) is 4.20. The summed E-state index contributed by atoms with van der Waals surface area (Å²) in [5.41, 5.74) is 3.35. The van der Waals surface area contributed by atoms with Gasteiger partial charge in [-0.25, -0.2) is 0 Å². The zero-order valence-corrected chi connectivity index (χ0v) is 18.9. The quantitative estimate of drug-likeness (QED) is 0.279. The zero-order chi connectivity index (χ0) is 22.1.